The number of aryl methyl sites for hydroxylation is 2. The van der Waals surface area contributed by atoms with E-state index in [1.807, 2.05) is 24.3 Å². The number of fused-ring (bicyclic) bond motifs is 1. The fraction of sp³-hybridized carbons (Fsp3) is 0.364. The van der Waals surface area contributed by atoms with Gasteiger partial charge in [0.2, 0.25) is 0 Å². The fourth-order valence-electron chi connectivity index (χ4n) is 3.99. The highest BCUT2D eigenvalue weighted by molar-refractivity contribution is 6.40. The van der Waals surface area contributed by atoms with Crippen LogP contribution in [0.4, 0.5) is 11.4 Å². The normalized spacial score (nSPS) is 16.9. The minimum Gasteiger partial charge on any atom is -0.368 e. The van der Waals surface area contributed by atoms with Gasteiger partial charge in [0.25, 0.3) is 0 Å². The predicted molar refractivity (Wildman–Crippen MR) is 107 cm³/mol. The zero-order chi connectivity index (χ0) is 18.8. The van der Waals surface area contributed by atoms with Crippen LogP contribution < -0.4 is 9.80 Å². The molecule has 2 amide bonds. The summed E-state index contributed by atoms with van der Waals surface area (Å²) in [6.45, 7) is 5.35. The highest BCUT2D eigenvalue weighted by Crippen LogP contribution is 2.27. The first-order valence-corrected chi connectivity index (χ1v) is 9.64. The fourth-order valence-corrected chi connectivity index (χ4v) is 3.99. The lowest BCUT2D eigenvalue weighted by molar-refractivity contribution is -0.144. The Labute approximate surface area is 160 Å². The van der Waals surface area contributed by atoms with Gasteiger partial charge in [0.05, 0.1) is 0 Å². The number of hydrogen-bond donors (Lipinski definition) is 0. The summed E-state index contributed by atoms with van der Waals surface area (Å²) in [5.74, 6) is -0.776. The molecule has 0 unspecified atom stereocenters. The number of benzene rings is 2. The van der Waals surface area contributed by atoms with E-state index in [1.165, 1.54) is 11.3 Å². The number of amides is 2. The summed E-state index contributed by atoms with van der Waals surface area (Å²) in [7, 11) is 0. The summed E-state index contributed by atoms with van der Waals surface area (Å²) >= 11 is 0. The van der Waals surface area contributed by atoms with Crippen LogP contribution in [0, 0.1) is 6.92 Å². The van der Waals surface area contributed by atoms with E-state index in [9.17, 15) is 9.59 Å². The molecule has 1 fully saturated rings. The molecule has 0 atom stereocenters. The molecule has 0 radical (unpaired) electrons. The summed E-state index contributed by atoms with van der Waals surface area (Å²) < 4.78 is 0. The largest absolute Gasteiger partial charge is 0.368 e. The Balaban J connectivity index is 1.42. The maximum Gasteiger partial charge on any atom is 0.316 e. The van der Waals surface area contributed by atoms with Crippen molar-refractivity contribution in [1.82, 2.24) is 4.90 Å². The Hall–Kier alpha value is -2.82. The molecule has 4 rings (SSSR count). The van der Waals surface area contributed by atoms with Crippen LogP contribution in [0.1, 0.15) is 17.5 Å². The van der Waals surface area contributed by atoms with Gasteiger partial charge >= 0.3 is 11.8 Å². The molecule has 2 aromatic carbocycles. The van der Waals surface area contributed by atoms with Gasteiger partial charge in [-0.25, -0.2) is 0 Å². The molecule has 2 heterocycles. The van der Waals surface area contributed by atoms with Crippen molar-refractivity contribution in [1.29, 1.82) is 0 Å². The van der Waals surface area contributed by atoms with E-state index in [0.717, 1.165) is 37.2 Å². The number of rotatable bonds is 1. The maximum atomic E-state index is 12.9. The number of anilines is 2. The van der Waals surface area contributed by atoms with Crippen LogP contribution in [0.25, 0.3) is 0 Å². The van der Waals surface area contributed by atoms with E-state index in [-0.39, 0.29) is 5.91 Å². The van der Waals surface area contributed by atoms with Crippen LogP contribution in [0.3, 0.4) is 0 Å². The van der Waals surface area contributed by atoms with Crippen molar-refractivity contribution in [2.45, 2.75) is 19.8 Å². The lowest BCUT2D eigenvalue weighted by atomic mass is 10.0. The van der Waals surface area contributed by atoms with E-state index in [1.54, 1.807) is 9.80 Å². The van der Waals surface area contributed by atoms with Gasteiger partial charge in [-0.05, 0) is 49.1 Å². The Bertz CT molecular complexity index is 856. The quantitative estimate of drug-likeness (QED) is 0.732. The van der Waals surface area contributed by atoms with Crippen LogP contribution in [0.2, 0.25) is 0 Å². The molecule has 2 aliphatic heterocycles. The molecule has 2 aromatic rings. The summed E-state index contributed by atoms with van der Waals surface area (Å²) in [5, 5.41) is 0. The second-order valence-electron chi connectivity index (χ2n) is 7.31. The van der Waals surface area contributed by atoms with Gasteiger partial charge in [0.15, 0.2) is 0 Å². The lowest BCUT2D eigenvalue weighted by Crippen LogP contribution is -2.54. The second kappa shape index (κ2) is 7.43. The molecule has 0 N–H and O–H groups in total. The molecule has 0 saturated carbocycles. The first kappa shape index (κ1) is 17.6. The van der Waals surface area contributed by atoms with Crippen molar-refractivity contribution < 1.29 is 9.59 Å². The zero-order valence-electron chi connectivity index (χ0n) is 15.7. The third-order valence-corrected chi connectivity index (χ3v) is 5.47. The molecule has 1 saturated heterocycles. The van der Waals surface area contributed by atoms with Crippen molar-refractivity contribution >= 4 is 23.2 Å². The number of carbonyl (C=O) groups is 2. The first-order valence-electron chi connectivity index (χ1n) is 9.64. The summed E-state index contributed by atoms with van der Waals surface area (Å²) in [5.41, 5.74) is 4.44. The Morgan fingerprint density at radius 3 is 2.41 bits per heavy atom. The molecule has 2 aliphatic rings. The molecule has 0 aromatic heterocycles. The lowest BCUT2D eigenvalue weighted by Gasteiger charge is -2.37. The van der Waals surface area contributed by atoms with Crippen LogP contribution in [-0.2, 0) is 16.0 Å². The minimum absolute atomic E-state index is 0.379. The number of hydrogen-bond acceptors (Lipinski definition) is 3. The van der Waals surface area contributed by atoms with Crippen molar-refractivity contribution in [3.8, 4) is 0 Å². The third-order valence-electron chi connectivity index (χ3n) is 5.47. The minimum atomic E-state index is -0.397. The van der Waals surface area contributed by atoms with Crippen LogP contribution in [0.15, 0.2) is 48.5 Å². The zero-order valence-corrected chi connectivity index (χ0v) is 15.7. The average molecular weight is 363 g/mol. The molecular weight excluding hydrogens is 338 g/mol. The topological polar surface area (TPSA) is 43.9 Å². The maximum absolute atomic E-state index is 12.9. The van der Waals surface area contributed by atoms with Crippen LogP contribution in [0.5, 0.6) is 0 Å². The van der Waals surface area contributed by atoms with Gasteiger partial charge in [-0.15, -0.1) is 0 Å². The van der Waals surface area contributed by atoms with Gasteiger partial charge in [0, 0.05) is 44.1 Å². The monoisotopic (exact) mass is 363 g/mol. The van der Waals surface area contributed by atoms with Gasteiger partial charge < -0.3 is 14.7 Å². The molecule has 140 valence electrons. The number of nitrogens with zero attached hydrogens (tertiary/aromatic N) is 3. The Morgan fingerprint density at radius 2 is 1.63 bits per heavy atom. The van der Waals surface area contributed by atoms with Gasteiger partial charge in [-0.2, -0.15) is 0 Å². The van der Waals surface area contributed by atoms with E-state index in [0.29, 0.717) is 19.6 Å². The van der Waals surface area contributed by atoms with Gasteiger partial charge in [-0.1, -0.05) is 30.3 Å². The first-order chi connectivity index (χ1) is 13.1. The van der Waals surface area contributed by atoms with Crippen LogP contribution in [-0.4, -0.2) is 49.4 Å². The molecule has 0 bridgehead atoms. The van der Waals surface area contributed by atoms with Crippen molar-refractivity contribution in [3.05, 3.63) is 59.7 Å². The number of carbonyl (C=O) groups excluding carboxylic acids is 2. The predicted octanol–water partition coefficient (Wildman–Crippen LogP) is 2.62. The van der Waals surface area contributed by atoms with Crippen molar-refractivity contribution in [2.24, 2.45) is 0 Å². The van der Waals surface area contributed by atoms with Crippen molar-refractivity contribution in [2.75, 3.05) is 42.5 Å². The Morgan fingerprint density at radius 1 is 0.852 bits per heavy atom. The molecule has 0 aliphatic carbocycles. The Kier molecular flexibility index (Phi) is 4.84. The summed E-state index contributed by atoms with van der Waals surface area (Å²) in [4.78, 5) is 31.3. The van der Waals surface area contributed by atoms with E-state index in [2.05, 4.69) is 36.1 Å². The summed E-state index contributed by atoms with van der Waals surface area (Å²) in [6, 6.07) is 16.3. The average Bonchev–Trinajstić information content (AvgIpc) is 2.72. The van der Waals surface area contributed by atoms with Crippen molar-refractivity contribution in [3.63, 3.8) is 0 Å². The highest BCUT2D eigenvalue weighted by Gasteiger charge is 2.32. The SMILES string of the molecule is Cc1cccc(N2CCN(C(=O)C(=O)N3CCCc4ccccc43)CC2)c1. The standard InChI is InChI=1S/C22H25N3O2/c1-17-6-4-9-19(16-17)23-12-14-24(15-13-23)21(26)22(27)25-11-5-8-18-7-2-3-10-20(18)25/h2-4,6-7,9-10,16H,5,8,11-15H2,1H3. The van der Waals surface area contributed by atoms with Gasteiger partial charge in [-0.3, -0.25) is 9.59 Å². The molecule has 5 nitrogen and oxygen atoms in total. The van der Waals surface area contributed by atoms with E-state index < -0.39 is 5.91 Å². The summed E-state index contributed by atoms with van der Waals surface area (Å²) in [6.07, 6.45) is 1.86. The molecule has 0 spiro atoms. The van der Waals surface area contributed by atoms with Crippen LogP contribution >= 0.6 is 0 Å². The van der Waals surface area contributed by atoms with E-state index >= 15 is 0 Å². The number of para-hydroxylation sites is 1. The van der Waals surface area contributed by atoms with Gasteiger partial charge in [0.1, 0.15) is 0 Å². The highest BCUT2D eigenvalue weighted by atomic mass is 16.2. The molecule has 5 heteroatoms. The smallest absolute Gasteiger partial charge is 0.316 e. The number of piperazine rings is 1. The molecule has 27 heavy (non-hydrogen) atoms. The third kappa shape index (κ3) is 3.54. The second-order valence-corrected chi connectivity index (χ2v) is 7.31. The molecular formula is C22H25N3O2. The van der Waals surface area contributed by atoms with E-state index in [4.69, 9.17) is 0 Å².